The number of imide groups is 1. The normalized spacial score (nSPS) is 18.3. The number of nitrogens with one attached hydrogen (secondary N) is 1. The molecule has 0 bridgehead atoms. The maximum Gasteiger partial charge on any atom is 0.325 e. The summed E-state index contributed by atoms with van der Waals surface area (Å²) >= 11 is 0. The zero-order valence-electron chi connectivity index (χ0n) is 20.1. The summed E-state index contributed by atoms with van der Waals surface area (Å²) in [4.78, 5) is 41.8. The monoisotopic (exact) mass is 451 g/mol. The van der Waals surface area contributed by atoms with Crippen molar-refractivity contribution in [2.24, 2.45) is 0 Å². The molecule has 0 aromatic heterocycles. The molecule has 1 saturated heterocycles. The van der Waals surface area contributed by atoms with Crippen molar-refractivity contribution in [2.45, 2.75) is 58.2 Å². The van der Waals surface area contributed by atoms with E-state index >= 15 is 0 Å². The van der Waals surface area contributed by atoms with E-state index in [1.165, 1.54) is 0 Å². The van der Waals surface area contributed by atoms with Crippen LogP contribution in [0.2, 0.25) is 0 Å². The molecule has 4 amide bonds. The Morgan fingerprint density at radius 2 is 1.67 bits per heavy atom. The Morgan fingerprint density at radius 1 is 1.03 bits per heavy atom. The zero-order chi connectivity index (χ0) is 24.2. The Morgan fingerprint density at radius 3 is 2.24 bits per heavy atom. The van der Waals surface area contributed by atoms with Crippen molar-refractivity contribution in [1.82, 2.24) is 15.1 Å². The fraction of sp³-hybridized carbons (Fsp3) is 0.423. The number of benzene rings is 2. The first-order chi connectivity index (χ1) is 15.5. The zero-order valence-corrected chi connectivity index (χ0v) is 20.1. The number of hydrogen-bond acceptors (Lipinski definition) is 4. The van der Waals surface area contributed by atoms with Crippen LogP contribution in [0.15, 0.2) is 54.6 Å². The average molecular weight is 452 g/mol. The minimum absolute atomic E-state index is 0.269. The standard InChI is InChI=1S/C26H33N3O4/c1-25(2,3)29(17-20-9-7-6-8-10-20)22(30)18-28-23(31)26(4,27-24(28)32)16-15-19-11-13-21(33-5)14-12-19/h6-14H,15-18H2,1-5H3,(H,27,32). The summed E-state index contributed by atoms with van der Waals surface area (Å²) in [6, 6.07) is 16.8. The molecule has 7 nitrogen and oxygen atoms in total. The summed E-state index contributed by atoms with van der Waals surface area (Å²) < 4.78 is 5.18. The van der Waals surface area contributed by atoms with Gasteiger partial charge in [0.05, 0.1) is 7.11 Å². The number of nitrogens with zero attached hydrogens (tertiary/aromatic N) is 2. The van der Waals surface area contributed by atoms with E-state index < -0.39 is 17.1 Å². The van der Waals surface area contributed by atoms with E-state index in [1.54, 1.807) is 18.9 Å². The Labute approximate surface area is 195 Å². The van der Waals surface area contributed by atoms with E-state index in [-0.39, 0.29) is 18.4 Å². The Balaban J connectivity index is 1.68. The van der Waals surface area contributed by atoms with Crippen LogP contribution in [0.1, 0.15) is 45.2 Å². The second-order valence-electron chi connectivity index (χ2n) is 9.64. The van der Waals surface area contributed by atoms with Crippen LogP contribution in [-0.2, 0) is 22.6 Å². The number of carbonyl (C=O) groups excluding carboxylic acids is 3. The first kappa shape index (κ1) is 24.3. The van der Waals surface area contributed by atoms with E-state index in [9.17, 15) is 14.4 Å². The lowest BCUT2D eigenvalue weighted by Crippen LogP contribution is -2.50. The molecule has 33 heavy (non-hydrogen) atoms. The highest BCUT2D eigenvalue weighted by Gasteiger charge is 2.48. The minimum Gasteiger partial charge on any atom is -0.497 e. The van der Waals surface area contributed by atoms with Crippen molar-refractivity contribution < 1.29 is 19.1 Å². The van der Waals surface area contributed by atoms with Gasteiger partial charge in [-0.25, -0.2) is 4.79 Å². The highest BCUT2D eigenvalue weighted by atomic mass is 16.5. The lowest BCUT2D eigenvalue weighted by atomic mass is 9.93. The van der Waals surface area contributed by atoms with Gasteiger partial charge in [-0.05, 0) is 63.8 Å². The Hall–Kier alpha value is -3.35. The molecule has 0 spiro atoms. The third-order valence-corrected chi connectivity index (χ3v) is 6.01. The predicted molar refractivity (Wildman–Crippen MR) is 127 cm³/mol. The molecular formula is C26H33N3O4. The van der Waals surface area contributed by atoms with Gasteiger partial charge in [0, 0.05) is 12.1 Å². The fourth-order valence-corrected chi connectivity index (χ4v) is 3.93. The molecule has 2 aromatic carbocycles. The van der Waals surface area contributed by atoms with Crippen LogP contribution >= 0.6 is 0 Å². The second kappa shape index (κ2) is 9.65. The molecule has 0 radical (unpaired) electrons. The van der Waals surface area contributed by atoms with Crippen molar-refractivity contribution in [3.8, 4) is 5.75 Å². The van der Waals surface area contributed by atoms with Gasteiger partial charge in [0.2, 0.25) is 5.91 Å². The smallest absolute Gasteiger partial charge is 0.325 e. The summed E-state index contributed by atoms with van der Waals surface area (Å²) in [6.45, 7) is 7.66. The van der Waals surface area contributed by atoms with Crippen molar-refractivity contribution in [1.29, 1.82) is 0 Å². The minimum atomic E-state index is -1.05. The van der Waals surface area contributed by atoms with Crippen LogP contribution in [0.25, 0.3) is 0 Å². The van der Waals surface area contributed by atoms with Gasteiger partial charge >= 0.3 is 6.03 Å². The SMILES string of the molecule is COc1ccc(CCC2(C)NC(=O)N(CC(=O)N(Cc3ccccc3)C(C)(C)C)C2=O)cc1. The van der Waals surface area contributed by atoms with Gasteiger partial charge in [-0.15, -0.1) is 0 Å². The fourth-order valence-electron chi connectivity index (χ4n) is 3.93. The Bertz CT molecular complexity index is 998. The number of urea groups is 1. The highest BCUT2D eigenvalue weighted by Crippen LogP contribution is 2.25. The van der Waals surface area contributed by atoms with Crippen molar-refractivity contribution >= 4 is 17.8 Å². The van der Waals surface area contributed by atoms with Crippen molar-refractivity contribution in [2.75, 3.05) is 13.7 Å². The molecule has 1 N–H and O–H groups in total. The first-order valence-corrected chi connectivity index (χ1v) is 11.1. The molecule has 1 aliphatic heterocycles. The van der Waals surface area contributed by atoms with Crippen molar-refractivity contribution in [3.05, 3.63) is 65.7 Å². The van der Waals surface area contributed by atoms with E-state index in [2.05, 4.69) is 5.32 Å². The molecule has 0 saturated carbocycles. The highest BCUT2D eigenvalue weighted by molar-refractivity contribution is 6.08. The summed E-state index contributed by atoms with van der Waals surface area (Å²) in [5, 5.41) is 2.80. The molecule has 176 valence electrons. The number of hydrogen-bond donors (Lipinski definition) is 1. The van der Waals surface area contributed by atoms with Crippen LogP contribution in [0, 0.1) is 0 Å². The quantitative estimate of drug-likeness (QED) is 0.620. The van der Waals surface area contributed by atoms with Gasteiger partial charge in [-0.3, -0.25) is 14.5 Å². The molecule has 1 atom stereocenters. The van der Waals surface area contributed by atoms with Gasteiger partial charge in [0.25, 0.3) is 5.91 Å². The topological polar surface area (TPSA) is 79.0 Å². The molecular weight excluding hydrogens is 418 g/mol. The van der Waals surface area contributed by atoms with E-state index in [1.807, 2.05) is 75.4 Å². The number of aryl methyl sites for hydroxylation is 1. The number of methoxy groups -OCH3 is 1. The maximum atomic E-state index is 13.2. The average Bonchev–Trinajstić information content (AvgIpc) is 2.99. The largest absolute Gasteiger partial charge is 0.497 e. The lowest BCUT2D eigenvalue weighted by Gasteiger charge is -2.36. The molecule has 7 heteroatoms. The Kier molecular flexibility index (Phi) is 7.10. The summed E-state index contributed by atoms with van der Waals surface area (Å²) in [6.07, 6.45) is 1.04. The lowest BCUT2D eigenvalue weighted by molar-refractivity contribution is -0.142. The number of carbonyl (C=O) groups is 3. The van der Waals surface area contributed by atoms with Crippen LogP contribution in [0.3, 0.4) is 0 Å². The van der Waals surface area contributed by atoms with E-state index in [0.717, 1.165) is 21.8 Å². The third kappa shape index (κ3) is 5.72. The molecule has 1 fully saturated rings. The maximum absolute atomic E-state index is 13.2. The van der Waals surface area contributed by atoms with Crippen LogP contribution in [0.4, 0.5) is 4.79 Å². The summed E-state index contributed by atoms with van der Waals surface area (Å²) in [7, 11) is 1.61. The van der Waals surface area contributed by atoms with Crippen LogP contribution in [-0.4, -0.2) is 52.4 Å². The number of rotatable bonds is 8. The number of ether oxygens (including phenoxy) is 1. The predicted octanol–water partition coefficient (Wildman–Crippen LogP) is 3.77. The molecule has 1 unspecified atom stereocenters. The molecule has 1 aliphatic rings. The van der Waals surface area contributed by atoms with Crippen LogP contribution < -0.4 is 10.1 Å². The van der Waals surface area contributed by atoms with Crippen LogP contribution in [0.5, 0.6) is 5.75 Å². The second-order valence-corrected chi connectivity index (χ2v) is 9.64. The van der Waals surface area contributed by atoms with Crippen molar-refractivity contribution in [3.63, 3.8) is 0 Å². The molecule has 1 heterocycles. The van der Waals surface area contributed by atoms with E-state index in [4.69, 9.17) is 4.74 Å². The number of amides is 4. The third-order valence-electron chi connectivity index (χ3n) is 6.01. The molecule has 3 rings (SSSR count). The van der Waals surface area contributed by atoms with E-state index in [0.29, 0.717) is 19.4 Å². The van der Waals surface area contributed by atoms with Gasteiger partial charge in [-0.2, -0.15) is 0 Å². The summed E-state index contributed by atoms with van der Waals surface area (Å²) in [5.41, 5.74) is 0.505. The molecule has 2 aromatic rings. The van der Waals surface area contributed by atoms with Gasteiger partial charge in [0.1, 0.15) is 17.8 Å². The van der Waals surface area contributed by atoms with Gasteiger partial charge in [-0.1, -0.05) is 42.5 Å². The summed E-state index contributed by atoms with van der Waals surface area (Å²) in [5.74, 6) is 0.121. The molecule has 0 aliphatic carbocycles. The van der Waals surface area contributed by atoms with Gasteiger partial charge < -0.3 is 15.0 Å². The first-order valence-electron chi connectivity index (χ1n) is 11.1. The van der Waals surface area contributed by atoms with Gasteiger partial charge in [0.15, 0.2) is 0 Å².